The van der Waals surface area contributed by atoms with Gasteiger partial charge >= 0.3 is 0 Å². The Morgan fingerprint density at radius 3 is 2.58 bits per heavy atom. The molecule has 0 aromatic heterocycles. The third-order valence-electron chi connectivity index (χ3n) is 3.48. The highest BCUT2D eigenvalue weighted by Crippen LogP contribution is 2.19. The highest BCUT2D eigenvalue weighted by molar-refractivity contribution is 9.10. The van der Waals surface area contributed by atoms with E-state index in [9.17, 15) is 18.4 Å². The molecule has 2 aromatic rings. The summed E-state index contributed by atoms with van der Waals surface area (Å²) in [7, 11) is 1.39. The van der Waals surface area contributed by atoms with E-state index in [1.165, 1.54) is 13.1 Å². The van der Waals surface area contributed by atoms with Crippen molar-refractivity contribution in [3.8, 4) is 5.75 Å². The fourth-order valence-corrected chi connectivity index (χ4v) is 2.57. The van der Waals surface area contributed by atoms with Crippen LogP contribution in [0, 0.1) is 11.6 Å². The van der Waals surface area contributed by atoms with Gasteiger partial charge in [-0.15, -0.1) is 0 Å². The van der Waals surface area contributed by atoms with Crippen LogP contribution in [0.15, 0.2) is 46.9 Å². The van der Waals surface area contributed by atoms with Gasteiger partial charge in [-0.2, -0.15) is 0 Å². The van der Waals surface area contributed by atoms with Gasteiger partial charge in [-0.05, 0) is 35.9 Å². The van der Waals surface area contributed by atoms with Crippen LogP contribution in [0.1, 0.15) is 18.0 Å². The Labute approximate surface area is 157 Å². The minimum absolute atomic E-state index is 0.0102. The SMILES string of the molecule is CNC(=O)C(NC(=O)CCOc1cccc(Br)c1)c1ccc(F)c(F)c1. The summed E-state index contributed by atoms with van der Waals surface area (Å²) in [5.41, 5.74) is 0.143. The highest BCUT2D eigenvalue weighted by Gasteiger charge is 2.23. The lowest BCUT2D eigenvalue weighted by Gasteiger charge is -2.18. The van der Waals surface area contributed by atoms with Crippen LogP contribution in [0.2, 0.25) is 0 Å². The number of hydrogen-bond acceptors (Lipinski definition) is 3. The maximum Gasteiger partial charge on any atom is 0.246 e. The van der Waals surface area contributed by atoms with Crippen LogP contribution in [-0.4, -0.2) is 25.5 Å². The molecule has 2 aromatic carbocycles. The van der Waals surface area contributed by atoms with Crippen molar-refractivity contribution in [2.45, 2.75) is 12.5 Å². The van der Waals surface area contributed by atoms with E-state index in [1.54, 1.807) is 18.2 Å². The van der Waals surface area contributed by atoms with Crippen molar-refractivity contribution in [2.75, 3.05) is 13.7 Å². The summed E-state index contributed by atoms with van der Waals surface area (Å²) in [6.07, 6.45) is -0.0102. The molecule has 8 heteroatoms. The summed E-state index contributed by atoms with van der Waals surface area (Å²) in [4.78, 5) is 24.1. The zero-order valence-corrected chi connectivity index (χ0v) is 15.5. The average molecular weight is 427 g/mol. The zero-order chi connectivity index (χ0) is 19.1. The van der Waals surface area contributed by atoms with Crippen molar-refractivity contribution in [3.63, 3.8) is 0 Å². The summed E-state index contributed by atoms with van der Waals surface area (Å²) < 4.78 is 32.8. The normalized spacial score (nSPS) is 11.5. The molecule has 0 bridgehead atoms. The van der Waals surface area contributed by atoms with E-state index in [0.717, 1.165) is 16.6 Å². The van der Waals surface area contributed by atoms with E-state index in [4.69, 9.17) is 4.74 Å². The number of carbonyl (C=O) groups is 2. The van der Waals surface area contributed by atoms with Gasteiger partial charge < -0.3 is 15.4 Å². The summed E-state index contributed by atoms with van der Waals surface area (Å²) in [5, 5.41) is 4.88. The molecule has 0 saturated carbocycles. The molecule has 2 N–H and O–H groups in total. The molecule has 2 rings (SSSR count). The Hall–Kier alpha value is -2.48. The van der Waals surface area contributed by atoms with Crippen LogP contribution in [0.3, 0.4) is 0 Å². The summed E-state index contributed by atoms with van der Waals surface area (Å²) in [5.74, 6) is -2.53. The van der Waals surface area contributed by atoms with Crippen LogP contribution in [0.4, 0.5) is 8.78 Å². The van der Waals surface area contributed by atoms with Crippen LogP contribution in [-0.2, 0) is 9.59 Å². The minimum Gasteiger partial charge on any atom is -0.493 e. The fourth-order valence-electron chi connectivity index (χ4n) is 2.19. The number of amides is 2. The summed E-state index contributed by atoms with van der Waals surface area (Å²) >= 11 is 3.32. The fraction of sp³-hybridized carbons (Fsp3) is 0.222. The summed E-state index contributed by atoms with van der Waals surface area (Å²) in [6, 6.07) is 9.05. The molecule has 0 aliphatic carbocycles. The van der Waals surface area contributed by atoms with Gasteiger partial charge in [0.25, 0.3) is 0 Å². The zero-order valence-electron chi connectivity index (χ0n) is 13.9. The number of halogens is 3. The van der Waals surface area contributed by atoms with Crippen LogP contribution in [0.25, 0.3) is 0 Å². The first-order chi connectivity index (χ1) is 12.4. The van der Waals surface area contributed by atoms with Gasteiger partial charge in [0.2, 0.25) is 11.8 Å². The van der Waals surface area contributed by atoms with Crippen molar-refractivity contribution in [2.24, 2.45) is 0 Å². The van der Waals surface area contributed by atoms with Gasteiger partial charge in [-0.3, -0.25) is 9.59 Å². The quantitative estimate of drug-likeness (QED) is 0.714. The number of ether oxygens (including phenoxy) is 1. The first-order valence-electron chi connectivity index (χ1n) is 7.75. The standard InChI is InChI=1S/C18H17BrF2N2O3/c1-22-18(25)17(11-5-6-14(20)15(21)9-11)23-16(24)7-8-26-13-4-2-3-12(19)10-13/h2-6,9-10,17H,7-8H2,1H3,(H,22,25)(H,23,24). The van der Waals surface area contributed by atoms with E-state index in [-0.39, 0.29) is 18.6 Å². The molecule has 0 aliphatic heterocycles. The van der Waals surface area contributed by atoms with Crippen molar-refractivity contribution in [3.05, 3.63) is 64.1 Å². The lowest BCUT2D eigenvalue weighted by Crippen LogP contribution is -2.39. The molecule has 0 saturated heterocycles. The Bertz CT molecular complexity index is 802. The second kappa shape index (κ2) is 9.28. The predicted octanol–water partition coefficient (Wildman–Crippen LogP) is 3.10. The Kier molecular flexibility index (Phi) is 7.08. The molecular formula is C18H17BrF2N2O3. The van der Waals surface area contributed by atoms with E-state index in [2.05, 4.69) is 26.6 Å². The number of benzene rings is 2. The second-order valence-corrected chi connectivity index (χ2v) is 6.26. The Balaban J connectivity index is 1.97. The molecule has 0 heterocycles. The largest absolute Gasteiger partial charge is 0.493 e. The molecule has 5 nitrogen and oxygen atoms in total. The molecule has 0 spiro atoms. The van der Waals surface area contributed by atoms with Crippen molar-refractivity contribution < 1.29 is 23.1 Å². The van der Waals surface area contributed by atoms with Gasteiger partial charge in [0.15, 0.2) is 11.6 Å². The van der Waals surface area contributed by atoms with Gasteiger partial charge in [0.1, 0.15) is 11.8 Å². The van der Waals surface area contributed by atoms with Crippen LogP contribution in [0.5, 0.6) is 5.75 Å². The molecule has 138 valence electrons. The smallest absolute Gasteiger partial charge is 0.246 e. The third kappa shape index (κ3) is 5.52. The Morgan fingerprint density at radius 2 is 1.92 bits per heavy atom. The van der Waals surface area contributed by atoms with Crippen LogP contribution >= 0.6 is 15.9 Å². The minimum atomic E-state index is -1.13. The number of nitrogens with one attached hydrogen (secondary N) is 2. The molecule has 0 aliphatic rings. The van der Waals surface area contributed by atoms with Crippen molar-refractivity contribution >= 4 is 27.7 Å². The average Bonchev–Trinajstić information content (AvgIpc) is 2.61. The number of likely N-dealkylation sites (N-methyl/N-ethyl adjacent to an activating group) is 1. The predicted molar refractivity (Wildman–Crippen MR) is 95.6 cm³/mol. The number of rotatable bonds is 7. The number of carbonyl (C=O) groups excluding carboxylic acids is 2. The molecule has 26 heavy (non-hydrogen) atoms. The lowest BCUT2D eigenvalue weighted by molar-refractivity contribution is -0.129. The highest BCUT2D eigenvalue weighted by atomic mass is 79.9. The number of hydrogen-bond donors (Lipinski definition) is 2. The molecular weight excluding hydrogens is 410 g/mol. The molecule has 1 atom stereocenters. The molecule has 0 fully saturated rings. The van der Waals surface area contributed by atoms with E-state index in [1.807, 2.05) is 6.07 Å². The molecule has 0 radical (unpaired) electrons. The van der Waals surface area contributed by atoms with E-state index in [0.29, 0.717) is 5.75 Å². The first kappa shape index (κ1) is 19.8. The monoisotopic (exact) mass is 426 g/mol. The van der Waals surface area contributed by atoms with Gasteiger partial charge in [0.05, 0.1) is 13.0 Å². The maximum absolute atomic E-state index is 13.4. The van der Waals surface area contributed by atoms with Gasteiger partial charge in [0, 0.05) is 11.5 Å². The Morgan fingerprint density at radius 1 is 1.15 bits per heavy atom. The lowest BCUT2D eigenvalue weighted by atomic mass is 10.1. The van der Waals surface area contributed by atoms with Crippen molar-refractivity contribution in [1.82, 2.24) is 10.6 Å². The van der Waals surface area contributed by atoms with Crippen LogP contribution < -0.4 is 15.4 Å². The van der Waals surface area contributed by atoms with Gasteiger partial charge in [-0.25, -0.2) is 8.78 Å². The van der Waals surface area contributed by atoms with Gasteiger partial charge in [-0.1, -0.05) is 28.1 Å². The van der Waals surface area contributed by atoms with E-state index < -0.39 is 29.5 Å². The maximum atomic E-state index is 13.4. The topological polar surface area (TPSA) is 67.4 Å². The summed E-state index contributed by atoms with van der Waals surface area (Å²) in [6.45, 7) is 0.0977. The second-order valence-electron chi connectivity index (χ2n) is 5.34. The molecule has 2 amide bonds. The van der Waals surface area contributed by atoms with Crippen molar-refractivity contribution in [1.29, 1.82) is 0 Å². The first-order valence-corrected chi connectivity index (χ1v) is 8.54. The molecule has 1 unspecified atom stereocenters. The van der Waals surface area contributed by atoms with E-state index >= 15 is 0 Å². The third-order valence-corrected chi connectivity index (χ3v) is 3.98.